The van der Waals surface area contributed by atoms with Crippen LogP contribution < -0.4 is 19.5 Å². The lowest BCUT2D eigenvalue weighted by atomic mass is 10.2. The Labute approximate surface area is 187 Å². The summed E-state index contributed by atoms with van der Waals surface area (Å²) in [6.45, 7) is 6.35. The number of carbonyl (C=O) groups excluding carboxylic acids is 1. The van der Waals surface area contributed by atoms with E-state index >= 15 is 0 Å². The Balaban J connectivity index is 1.67. The lowest BCUT2D eigenvalue weighted by Gasteiger charge is -2.10. The molecule has 0 unspecified atom stereocenters. The van der Waals surface area contributed by atoms with Crippen molar-refractivity contribution in [3.8, 4) is 11.5 Å². The zero-order chi connectivity index (χ0) is 23.0. The maximum absolute atomic E-state index is 12.6. The number of carbonyl (C=O) groups is 1. The lowest BCUT2D eigenvalue weighted by Crippen LogP contribution is -2.15. The molecule has 0 fully saturated rings. The Bertz CT molecular complexity index is 1170. The fraction of sp³-hybridized carbons (Fsp3) is 0.125. The number of benzene rings is 3. The highest BCUT2D eigenvalue weighted by molar-refractivity contribution is 7.92. The summed E-state index contributed by atoms with van der Waals surface area (Å²) in [4.78, 5) is 12.6. The van der Waals surface area contributed by atoms with E-state index in [1.165, 1.54) is 24.3 Å². The minimum atomic E-state index is -3.80. The zero-order valence-corrected chi connectivity index (χ0v) is 18.4. The van der Waals surface area contributed by atoms with Crippen LogP contribution in [0.4, 0.5) is 11.4 Å². The molecule has 0 spiro atoms. The SMILES string of the molecule is C=CCOc1cccc(NC(=O)c2ccc(S(=O)(=O)Nc3ccc(OCC)cc3)cc2)c1. The first-order chi connectivity index (χ1) is 15.4. The first-order valence-corrected chi connectivity index (χ1v) is 11.4. The molecular formula is C24H24N2O5S. The highest BCUT2D eigenvalue weighted by atomic mass is 32.2. The van der Waals surface area contributed by atoms with Gasteiger partial charge in [-0.05, 0) is 67.6 Å². The number of hydrogen-bond donors (Lipinski definition) is 2. The van der Waals surface area contributed by atoms with E-state index in [0.717, 1.165) is 0 Å². The summed E-state index contributed by atoms with van der Waals surface area (Å²) in [6.07, 6.45) is 1.63. The molecule has 3 aromatic rings. The summed E-state index contributed by atoms with van der Waals surface area (Å²) < 4.78 is 38.6. The van der Waals surface area contributed by atoms with Gasteiger partial charge in [-0.1, -0.05) is 18.7 Å². The molecule has 0 aromatic heterocycles. The van der Waals surface area contributed by atoms with E-state index in [-0.39, 0.29) is 10.8 Å². The van der Waals surface area contributed by atoms with Crippen molar-refractivity contribution >= 4 is 27.3 Å². The second kappa shape index (κ2) is 10.5. The third kappa shape index (κ3) is 6.12. The van der Waals surface area contributed by atoms with E-state index in [1.807, 2.05) is 6.92 Å². The molecule has 0 aliphatic rings. The Morgan fingerprint density at radius 1 is 0.938 bits per heavy atom. The van der Waals surface area contributed by atoms with Gasteiger partial charge in [0.15, 0.2) is 0 Å². The van der Waals surface area contributed by atoms with Gasteiger partial charge in [-0.3, -0.25) is 9.52 Å². The highest BCUT2D eigenvalue weighted by Crippen LogP contribution is 2.21. The average molecular weight is 453 g/mol. The molecule has 0 radical (unpaired) electrons. The summed E-state index contributed by atoms with van der Waals surface area (Å²) in [7, 11) is -3.80. The van der Waals surface area contributed by atoms with Crippen molar-refractivity contribution < 1.29 is 22.7 Å². The summed E-state index contributed by atoms with van der Waals surface area (Å²) in [5.41, 5.74) is 1.29. The molecule has 1 amide bonds. The van der Waals surface area contributed by atoms with E-state index in [2.05, 4.69) is 16.6 Å². The first kappa shape index (κ1) is 22.9. The highest BCUT2D eigenvalue weighted by Gasteiger charge is 2.15. The standard InChI is InChI=1S/C24H24N2O5S/c1-3-16-31-22-7-5-6-20(17-22)25-24(27)18-8-14-23(15-9-18)32(28,29)26-19-10-12-21(13-11-19)30-4-2/h3,5-15,17,26H,1,4,16H2,2H3,(H,25,27). The molecule has 0 bridgehead atoms. The summed E-state index contributed by atoms with van der Waals surface area (Å²) in [5, 5.41) is 2.77. The van der Waals surface area contributed by atoms with Crippen molar-refractivity contribution in [2.24, 2.45) is 0 Å². The van der Waals surface area contributed by atoms with Crippen LogP contribution in [0.25, 0.3) is 0 Å². The van der Waals surface area contributed by atoms with E-state index in [9.17, 15) is 13.2 Å². The molecule has 2 N–H and O–H groups in total. The predicted octanol–water partition coefficient (Wildman–Crippen LogP) is 4.70. The lowest BCUT2D eigenvalue weighted by molar-refractivity contribution is 0.102. The van der Waals surface area contributed by atoms with Crippen LogP contribution in [0.2, 0.25) is 0 Å². The van der Waals surface area contributed by atoms with Gasteiger partial charge in [0, 0.05) is 23.0 Å². The maximum Gasteiger partial charge on any atom is 0.261 e. The average Bonchev–Trinajstić information content (AvgIpc) is 2.79. The number of rotatable bonds is 10. The van der Waals surface area contributed by atoms with Gasteiger partial charge in [-0.25, -0.2) is 8.42 Å². The number of amides is 1. The Morgan fingerprint density at radius 2 is 1.66 bits per heavy atom. The van der Waals surface area contributed by atoms with Crippen LogP contribution >= 0.6 is 0 Å². The molecule has 0 saturated heterocycles. The zero-order valence-electron chi connectivity index (χ0n) is 17.6. The number of hydrogen-bond acceptors (Lipinski definition) is 5. The van der Waals surface area contributed by atoms with E-state index in [0.29, 0.717) is 41.7 Å². The van der Waals surface area contributed by atoms with Crippen LogP contribution in [-0.4, -0.2) is 27.5 Å². The van der Waals surface area contributed by atoms with E-state index in [4.69, 9.17) is 9.47 Å². The third-order valence-electron chi connectivity index (χ3n) is 4.30. The second-order valence-electron chi connectivity index (χ2n) is 6.67. The van der Waals surface area contributed by atoms with Crippen LogP contribution in [0.3, 0.4) is 0 Å². The Kier molecular flexibility index (Phi) is 7.51. The van der Waals surface area contributed by atoms with Gasteiger partial charge in [0.25, 0.3) is 15.9 Å². The molecule has 32 heavy (non-hydrogen) atoms. The fourth-order valence-corrected chi connectivity index (χ4v) is 3.87. The van der Waals surface area contributed by atoms with E-state index in [1.54, 1.807) is 54.6 Å². The number of ether oxygens (including phenoxy) is 2. The summed E-state index contributed by atoms with van der Waals surface area (Å²) in [6, 6.07) is 19.3. The minimum absolute atomic E-state index is 0.0442. The van der Waals surface area contributed by atoms with Gasteiger partial charge >= 0.3 is 0 Å². The summed E-state index contributed by atoms with van der Waals surface area (Å²) in [5.74, 6) is 0.891. The molecule has 0 aliphatic heterocycles. The van der Waals surface area contributed by atoms with Gasteiger partial charge < -0.3 is 14.8 Å². The number of anilines is 2. The monoisotopic (exact) mass is 452 g/mol. The molecule has 3 aromatic carbocycles. The molecular weight excluding hydrogens is 428 g/mol. The maximum atomic E-state index is 12.6. The largest absolute Gasteiger partial charge is 0.494 e. The van der Waals surface area contributed by atoms with Crippen molar-refractivity contribution in [3.05, 3.63) is 91.0 Å². The first-order valence-electron chi connectivity index (χ1n) is 9.92. The topological polar surface area (TPSA) is 93.7 Å². The predicted molar refractivity (Wildman–Crippen MR) is 125 cm³/mol. The smallest absolute Gasteiger partial charge is 0.261 e. The minimum Gasteiger partial charge on any atom is -0.494 e. The van der Waals surface area contributed by atoms with Crippen molar-refractivity contribution in [2.45, 2.75) is 11.8 Å². The van der Waals surface area contributed by atoms with Gasteiger partial charge in [-0.2, -0.15) is 0 Å². The van der Waals surface area contributed by atoms with Crippen molar-refractivity contribution in [3.63, 3.8) is 0 Å². The third-order valence-corrected chi connectivity index (χ3v) is 5.70. The van der Waals surface area contributed by atoms with Crippen molar-refractivity contribution in [1.82, 2.24) is 0 Å². The van der Waals surface area contributed by atoms with Gasteiger partial charge in [0.1, 0.15) is 18.1 Å². The molecule has 166 valence electrons. The quantitative estimate of drug-likeness (QED) is 0.435. The van der Waals surface area contributed by atoms with Crippen LogP contribution in [0.5, 0.6) is 11.5 Å². The van der Waals surface area contributed by atoms with Crippen LogP contribution in [0.1, 0.15) is 17.3 Å². The van der Waals surface area contributed by atoms with Crippen molar-refractivity contribution in [2.75, 3.05) is 23.3 Å². The second-order valence-corrected chi connectivity index (χ2v) is 8.35. The molecule has 0 atom stereocenters. The molecule has 0 saturated carbocycles. The molecule has 7 nitrogen and oxygen atoms in total. The van der Waals surface area contributed by atoms with Gasteiger partial charge in [0.2, 0.25) is 0 Å². The van der Waals surface area contributed by atoms with Gasteiger partial charge in [-0.15, -0.1) is 0 Å². The van der Waals surface area contributed by atoms with E-state index < -0.39 is 10.0 Å². The fourth-order valence-electron chi connectivity index (χ4n) is 2.81. The number of sulfonamides is 1. The van der Waals surface area contributed by atoms with Crippen LogP contribution in [-0.2, 0) is 10.0 Å². The molecule has 3 rings (SSSR count). The Morgan fingerprint density at radius 3 is 2.31 bits per heavy atom. The normalized spacial score (nSPS) is 10.8. The summed E-state index contributed by atoms with van der Waals surface area (Å²) >= 11 is 0. The van der Waals surface area contributed by atoms with Crippen molar-refractivity contribution in [1.29, 1.82) is 0 Å². The molecule has 0 aliphatic carbocycles. The van der Waals surface area contributed by atoms with Gasteiger partial charge in [0.05, 0.1) is 11.5 Å². The molecule has 8 heteroatoms. The Hall–Kier alpha value is -3.78. The van der Waals surface area contributed by atoms with Crippen LogP contribution in [0.15, 0.2) is 90.3 Å². The van der Waals surface area contributed by atoms with Crippen LogP contribution in [0, 0.1) is 0 Å². The molecule has 0 heterocycles. The number of nitrogens with one attached hydrogen (secondary N) is 2.